The summed E-state index contributed by atoms with van der Waals surface area (Å²) in [6, 6.07) is 0. The Morgan fingerprint density at radius 3 is 0.900 bits per heavy atom. The third-order valence-electron chi connectivity index (χ3n) is 6.07. The van der Waals surface area contributed by atoms with E-state index in [0.29, 0.717) is 0 Å². The highest BCUT2D eigenvalue weighted by Gasteiger charge is 2.54. The van der Waals surface area contributed by atoms with Crippen LogP contribution in [0.1, 0.15) is 25.7 Å². The van der Waals surface area contributed by atoms with Crippen LogP contribution in [-0.4, -0.2) is 52.3 Å². The number of carbonyl (C=O) groups excluding carboxylic acids is 4. The van der Waals surface area contributed by atoms with E-state index in [0.717, 1.165) is 22.3 Å². The molecule has 0 N–H and O–H groups in total. The average molecular weight is 416 g/mol. The van der Waals surface area contributed by atoms with Crippen LogP contribution in [0.25, 0.3) is 0 Å². The summed E-state index contributed by atoms with van der Waals surface area (Å²) in [5.41, 5.74) is 0.340. The smallest absolute Gasteiger partial charge is 0.323 e. The van der Waals surface area contributed by atoms with Crippen molar-refractivity contribution in [1.82, 2.24) is 0 Å². The van der Waals surface area contributed by atoms with Crippen LogP contribution < -0.4 is 0 Å². The van der Waals surface area contributed by atoms with Gasteiger partial charge < -0.3 is 18.9 Å². The summed E-state index contributed by atoms with van der Waals surface area (Å²) in [5.74, 6) is -2.56. The van der Waals surface area contributed by atoms with E-state index in [9.17, 15) is 19.2 Å². The minimum atomic E-state index is -1.42. The highest BCUT2D eigenvalue weighted by molar-refractivity contribution is 6.02. The number of allylic oxidation sites excluding steroid dienone is 8. The summed E-state index contributed by atoms with van der Waals surface area (Å²) >= 11 is 0. The van der Waals surface area contributed by atoms with E-state index in [4.69, 9.17) is 18.9 Å². The van der Waals surface area contributed by atoms with Crippen LogP contribution in [-0.2, 0) is 38.1 Å². The quantitative estimate of drug-likeness (QED) is 0.389. The number of hydrogen-bond donors (Lipinski definition) is 0. The number of carbonyl (C=O) groups is 4. The van der Waals surface area contributed by atoms with Crippen LogP contribution in [0.4, 0.5) is 0 Å². The van der Waals surface area contributed by atoms with Crippen LogP contribution in [0.5, 0.6) is 0 Å². The average Bonchev–Trinajstić information content (AvgIpc) is 3.32. The molecule has 0 saturated heterocycles. The van der Waals surface area contributed by atoms with Crippen molar-refractivity contribution in [2.24, 2.45) is 10.8 Å². The third kappa shape index (κ3) is 3.16. The predicted molar refractivity (Wildman–Crippen MR) is 104 cm³/mol. The molecule has 0 aromatic heterocycles. The first-order chi connectivity index (χ1) is 14.3. The second kappa shape index (κ2) is 7.93. The maximum atomic E-state index is 12.4. The summed E-state index contributed by atoms with van der Waals surface area (Å²) in [6.45, 7) is 0. The fourth-order valence-corrected chi connectivity index (χ4v) is 4.47. The number of rotatable bonds is 4. The fraction of sp³-hybridized carbons (Fsp3) is 0.455. The molecule has 3 aliphatic rings. The second-order valence-corrected chi connectivity index (χ2v) is 7.61. The Labute approximate surface area is 174 Å². The molecular weight excluding hydrogens is 392 g/mol. The normalized spacial score (nSPS) is 22.8. The molecule has 0 fully saturated rings. The third-order valence-corrected chi connectivity index (χ3v) is 6.07. The van der Waals surface area contributed by atoms with Crippen molar-refractivity contribution in [2.45, 2.75) is 25.7 Å². The molecule has 8 heteroatoms. The zero-order valence-corrected chi connectivity index (χ0v) is 17.4. The van der Waals surface area contributed by atoms with Gasteiger partial charge >= 0.3 is 23.9 Å². The Kier molecular flexibility index (Phi) is 5.70. The first-order valence-corrected chi connectivity index (χ1v) is 9.42. The topological polar surface area (TPSA) is 105 Å². The molecule has 3 rings (SSSR count). The summed E-state index contributed by atoms with van der Waals surface area (Å²) in [4.78, 5) is 49.8. The summed E-state index contributed by atoms with van der Waals surface area (Å²) in [7, 11) is 4.96. The monoisotopic (exact) mass is 416 g/mol. The summed E-state index contributed by atoms with van der Waals surface area (Å²) < 4.78 is 19.5. The Bertz CT molecular complexity index is 783. The van der Waals surface area contributed by atoms with Gasteiger partial charge in [0.05, 0.1) is 28.4 Å². The van der Waals surface area contributed by atoms with Crippen molar-refractivity contribution < 1.29 is 38.1 Å². The molecule has 0 spiro atoms. The summed E-state index contributed by atoms with van der Waals surface area (Å²) in [5, 5.41) is 0. The minimum Gasteiger partial charge on any atom is -0.468 e. The molecule has 0 heterocycles. The lowest BCUT2D eigenvalue weighted by atomic mass is 9.82. The van der Waals surface area contributed by atoms with E-state index in [1.807, 2.05) is 24.3 Å². The lowest BCUT2D eigenvalue weighted by molar-refractivity contribution is -0.170. The molecule has 160 valence electrons. The Morgan fingerprint density at radius 2 is 0.733 bits per heavy atom. The molecule has 0 bridgehead atoms. The van der Waals surface area contributed by atoms with Gasteiger partial charge in [0.15, 0.2) is 10.8 Å². The van der Waals surface area contributed by atoms with Gasteiger partial charge in [-0.05, 0) is 48.0 Å². The first kappa shape index (κ1) is 21.5. The van der Waals surface area contributed by atoms with Gasteiger partial charge in [-0.25, -0.2) is 0 Å². The molecule has 30 heavy (non-hydrogen) atoms. The van der Waals surface area contributed by atoms with Crippen LogP contribution in [0.15, 0.2) is 46.6 Å². The minimum absolute atomic E-state index is 0.143. The standard InChI is InChI=1S/C22H24O8/c1-27-17(23)21(18(24)28-2)9-13-5-7-15-11-22(19(25)29-3,20(26)30-4)12-16(15)8-6-14(13)10-21/h5-8H,9-12H2,1-4H3/b7-5-,8-6-,13-5?,14-6?,15-7?,16-8?. The molecule has 8 nitrogen and oxygen atoms in total. The van der Waals surface area contributed by atoms with Crippen molar-refractivity contribution in [1.29, 1.82) is 0 Å². The van der Waals surface area contributed by atoms with Gasteiger partial charge in [-0.3, -0.25) is 19.2 Å². The summed E-state index contributed by atoms with van der Waals surface area (Å²) in [6.07, 6.45) is 7.82. The van der Waals surface area contributed by atoms with Crippen molar-refractivity contribution in [2.75, 3.05) is 28.4 Å². The van der Waals surface area contributed by atoms with Crippen molar-refractivity contribution in [3.63, 3.8) is 0 Å². The van der Waals surface area contributed by atoms with E-state index in [1.165, 1.54) is 28.4 Å². The Balaban J connectivity index is 1.92. The van der Waals surface area contributed by atoms with E-state index >= 15 is 0 Å². The molecule has 0 atom stereocenters. The highest BCUT2D eigenvalue weighted by atomic mass is 16.6. The molecule has 0 saturated carbocycles. The van der Waals surface area contributed by atoms with Crippen LogP contribution >= 0.6 is 0 Å². The van der Waals surface area contributed by atoms with Gasteiger partial charge in [0.25, 0.3) is 0 Å². The molecule has 0 aliphatic heterocycles. The molecular formula is C22H24O8. The van der Waals surface area contributed by atoms with Crippen molar-refractivity contribution in [3.8, 4) is 0 Å². The highest BCUT2D eigenvalue weighted by Crippen LogP contribution is 2.49. The SMILES string of the molecule is COC(=O)C1(C(=O)OC)CC2=C(/C=C\C3=C(/C=C\2)CC(C(=O)OC)(C(=O)OC)C3)C1. The largest absolute Gasteiger partial charge is 0.468 e. The van der Waals surface area contributed by atoms with Gasteiger partial charge in [-0.2, -0.15) is 0 Å². The molecule has 3 aliphatic carbocycles. The van der Waals surface area contributed by atoms with E-state index in [-0.39, 0.29) is 25.7 Å². The molecule has 0 aromatic carbocycles. The van der Waals surface area contributed by atoms with Gasteiger partial charge in [0, 0.05) is 0 Å². The lowest BCUT2D eigenvalue weighted by Gasteiger charge is -2.23. The molecule has 0 radical (unpaired) electrons. The number of methoxy groups -OCH3 is 4. The number of esters is 4. The maximum Gasteiger partial charge on any atom is 0.323 e. The second-order valence-electron chi connectivity index (χ2n) is 7.61. The molecule has 0 amide bonds. The fourth-order valence-electron chi connectivity index (χ4n) is 4.47. The number of hydrogen-bond acceptors (Lipinski definition) is 8. The van der Waals surface area contributed by atoms with Crippen molar-refractivity contribution >= 4 is 23.9 Å². The predicted octanol–water partition coefficient (Wildman–Crippen LogP) is 1.96. The first-order valence-electron chi connectivity index (χ1n) is 9.42. The van der Waals surface area contributed by atoms with E-state index in [1.54, 1.807) is 0 Å². The molecule has 0 aromatic rings. The van der Waals surface area contributed by atoms with Gasteiger partial charge in [-0.1, -0.05) is 24.3 Å². The van der Waals surface area contributed by atoms with Crippen LogP contribution in [0, 0.1) is 10.8 Å². The van der Waals surface area contributed by atoms with Crippen LogP contribution in [0.2, 0.25) is 0 Å². The van der Waals surface area contributed by atoms with Gasteiger partial charge in [0.1, 0.15) is 0 Å². The molecule has 0 unspecified atom stereocenters. The maximum absolute atomic E-state index is 12.4. The zero-order chi connectivity index (χ0) is 22.1. The van der Waals surface area contributed by atoms with E-state index in [2.05, 4.69) is 0 Å². The lowest BCUT2D eigenvalue weighted by Crippen LogP contribution is -2.39. The Morgan fingerprint density at radius 1 is 0.533 bits per heavy atom. The number of ether oxygens (including phenoxy) is 4. The van der Waals surface area contributed by atoms with Gasteiger partial charge in [-0.15, -0.1) is 0 Å². The van der Waals surface area contributed by atoms with Gasteiger partial charge in [0.2, 0.25) is 0 Å². The van der Waals surface area contributed by atoms with E-state index < -0.39 is 34.7 Å². The van der Waals surface area contributed by atoms with Crippen LogP contribution in [0.3, 0.4) is 0 Å². The van der Waals surface area contributed by atoms with Crippen molar-refractivity contribution in [3.05, 3.63) is 46.6 Å². The Hall–Kier alpha value is -3.16. The zero-order valence-electron chi connectivity index (χ0n) is 17.4.